The Morgan fingerprint density at radius 3 is 2.03 bits per heavy atom. The zero-order valence-electron chi connectivity index (χ0n) is 21.7. The molecule has 7 nitrogen and oxygen atoms in total. The Balaban J connectivity index is 2.74. The zero-order chi connectivity index (χ0) is 25.1. The highest BCUT2D eigenvalue weighted by molar-refractivity contribution is 6.60. The van der Waals surface area contributed by atoms with Gasteiger partial charge in [0.25, 0.3) is 0 Å². The molecule has 0 atom stereocenters. The molecule has 0 aliphatic rings. The molecule has 0 N–H and O–H groups in total. The fraction of sp³-hybridized carbons (Fsp3) is 0.654. The molecule has 0 aliphatic carbocycles. The minimum absolute atomic E-state index is 0.399. The third kappa shape index (κ3) is 12.0. The van der Waals surface area contributed by atoms with Crippen molar-refractivity contribution in [1.29, 1.82) is 0 Å². The number of ether oxygens (including phenoxy) is 3. The monoisotopic (exact) mass is 496 g/mol. The van der Waals surface area contributed by atoms with Crippen LogP contribution in [-0.4, -0.2) is 54.9 Å². The summed E-state index contributed by atoms with van der Waals surface area (Å²) in [5.41, 5.74) is 0.842. The lowest BCUT2D eigenvalue weighted by molar-refractivity contribution is -0.134. The van der Waals surface area contributed by atoms with E-state index in [1.807, 2.05) is 39.0 Å². The number of esters is 1. The first-order valence-corrected chi connectivity index (χ1v) is 14.5. The molecule has 0 aromatic heterocycles. The van der Waals surface area contributed by atoms with Crippen molar-refractivity contribution in [2.45, 2.75) is 72.3 Å². The molecule has 0 bridgehead atoms. The number of unbranched alkanes of at least 4 members (excludes halogenated alkanes) is 4. The molecule has 194 valence electrons. The predicted molar refractivity (Wildman–Crippen MR) is 137 cm³/mol. The average Bonchev–Trinajstić information content (AvgIpc) is 2.83. The molecule has 0 aliphatic heterocycles. The molecule has 0 radical (unpaired) electrons. The Kier molecular flexibility index (Phi) is 16.4. The van der Waals surface area contributed by atoms with Crippen molar-refractivity contribution in [2.24, 2.45) is 0 Å². The topological polar surface area (TPSA) is 72.5 Å². The lowest BCUT2D eigenvalue weighted by Gasteiger charge is -2.28. The number of rotatable bonds is 20. The van der Waals surface area contributed by atoms with Gasteiger partial charge in [0.05, 0.1) is 20.3 Å². The molecule has 1 aromatic carbocycles. The maximum atomic E-state index is 11.4. The van der Waals surface area contributed by atoms with E-state index in [-0.39, 0.29) is 0 Å². The summed E-state index contributed by atoms with van der Waals surface area (Å²) in [7, 11) is -1.27. The lowest BCUT2D eigenvalue weighted by Crippen LogP contribution is -2.45. The molecule has 0 saturated carbocycles. The summed E-state index contributed by atoms with van der Waals surface area (Å²) in [5, 5.41) is 0. The van der Waals surface area contributed by atoms with Crippen LogP contribution in [0.5, 0.6) is 11.5 Å². The van der Waals surface area contributed by atoms with Crippen molar-refractivity contribution in [3.05, 3.63) is 29.8 Å². The molecular weight excluding hydrogens is 452 g/mol. The van der Waals surface area contributed by atoms with E-state index in [0.29, 0.717) is 44.5 Å². The second kappa shape index (κ2) is 18.5. The third-order valence-corrected chi connectivity index (χ3v) is 8.22. The minimum atomic E-state index is -2.63. The fourth-order valence-corrected chi connectivity index (χ4v) is 6.12. The Morgan fingerprint density at radius 1 is 0.824 bits per heavy atom. The number of methoxy groups -OCH3 is 1. The van der Waals surface area contributed by atoms with Crippen molar-refractivity contribution >= 4 is 20.8 Å². The molecule has 0 amide bonds. The smallest absolute Gasteiger partial charge is 0.490 e. The first-order chi connectivity index (χ1) is 16.5. The Bertz CT molecular complexity index is 691. The number of hydrogen-bond donors (Lipinski definition) is 0. The normalized spacial score (nSPS) is 11.7. The van der Waals surface area contributed by atoms with Crippen LogP contribution in [-0.2, 0) is 22.8 Å². The average molecular weight is 497 g/mol. The predicted octanol–water partition coefficient (Wildman–Crippen LogP) is 6.04. The van der Waals surface area contributed by atoms with Crippen LogP contribution in [0.15, 0.2) is 24.3 Å². The summed E-state index contributed by atoms with van der Waals surface area (Å²) in [5.74, 6) is 0.989. The van der Waals surface area contributed by atoms with Crippen molar-refractivity contribution < 1.29 is 32.3 Å². The Hall–Kier alpha value is -1.87. The molecule has 34 heavy (non-hydrogen) atoms. The van der Waals surface area contributed by atoms with E-state index in [1.54, 1.807) is 6.08 Å². The summed E-state index contributed by atoms with van der Waals surface area (Å²) >= 11 is 0. The van der Waals surface area contributed by atoms with Gasteiger partial charge in [-0.15, -0.1) is 0 Å². The lowest BCUT2D eigenvalue weighted by atomic mass is 10.2. The molecule has 1 rings (SSSR count). The largest absolute Gasteiger partial charge is 0.500 e. The highest BCUT2D eigenvalue weighted by Crippen LogP contribution is 2.30. The molecular formula is C26H44O7Si. The molecule has 0 fully saturated rings. The van der Waals surface area contributed by atoms with E-state index >= 15 is 0 Å². The van der Waals surface area contributed by atoms with E-state index in [2.05, 4.69) is 11.7 Å². The van der Waals surface area contributed by atoms with Crippen molar-refractivity contribution in [1.82, 2.24) is 0 Å². The summed E-state index contributed by atoms with van der Waals surface area (Å²) in [4.78, 5) is 11.4. The first kappa shape index (κ1) is 30.2. The second-order valence-corrected chi connectivity index (χ2v) is 10.5. The van der Waals surface area contributed by atoms with Crippen molar-refractivity contribution in [2.75, 3.05) is 40.1 Å². The van der Waals surface area contributed by atoms with E-state index in [9.17, 15) is 4.79 Å². The number of carbonyl (C=O) groups excluding carboxylic acids is 1. The zero-order valence-corrected chi connectivity index (χ0v) is 22.7. The maximum Gasteiger partial charge on any atom is 0.500 e. The molecule has 8 heteroatoms. The van der Waals surface area contributed by atoms with Crippen molar-refractivity contribution in [3.8, 4) is 11.5 Å². The van der Waals surface area contributed by atoms with E-state index in [0.717, 1.165) is 37.3 Å². The Labute approximate surface area is 207 Å². The van der Waals surface area contributed by atoms with Gasteiger partial charge in [-0.2, -0.15) is 0 Å². The highest BCUT2D eigenvalue weighted by atomic mass is 28.4. The van der Waals surface area contributed by atoms with Gasteiger partial charge in [-0.05, 0) is 63.8 Å². The van der Waals surface area contributed by atoms with Crippen LogP contribution < -0.4 is 9.47 Å². The van der Waals surface area contributed by atoms with Gasteiger partial charge in [0.2, 0.25) is 0 Å². The van der Waals surface area contributed by atoms with E-state index in [4.69, 9.17) is 22.8 Å². The molecule has 0 spiro atoms. The van der Waals surface area contributed by atoms with Crippen LogP contribution in [0.1, 0.15) is 71.8 Å². The Morgan fingerprint density at radius 2 is 1.44 bits per heavy atom. The molecule has 0 heterocycles. The highest BCUT2D eigenvalue weighted by Gasteiger charge is 2.39. The van der Waals surface area contributed by atoms with Crippen LogP contribution in [0.4, 0.5) is 0 Å². The molecule has 0 saturated heterocycles. The molecule has 1 aromatic rings. The third-order valence-electron chi connectivity index (χ3n) is 5.06. The summed E-state index contributed by atoms with van der Waals surface area (Å²) in [6.45, 7) is 11.0. The molecule has 0 unspecified atom stereocenters. The maximum absolute atomic E-state index is 11.4. The van der Waals surface area contributed by atoms with Crippen LogP contribution in [0.3, 0.4) is 0 Å². The van der Waals surface area contributed by atoms with Gasteiger partial charge in [0.1, 0.15) is 0 Å². The van der Waals surface area contributed by atoms with Crippen LogP contribution in [0, 0.1) is 0 Å². The number of hydrogen-bond acceptors (Lipinski definition) is 7. The summed E-state index contributed by atoms with van der Waals surface area (Å²) in [6, 6.07) is 6.44. The van der Waals surface area contributed by atoms with Crippen LogP contribution in [0.2, 0.25) is 6.04 Å². The van der Waals surface area contributed by atoms with Gasteiger partial charge < -0.3 is 27.5 Å². The summed E-state index contributed by atoms with van der Waals surface area (Å²) < 4.78 is 34.6. The van der Waals surface area contributed by atoms with E-state index in [1.165, 1.54) is 26.0 Å². The van der Waals surface area contributed by atoms with Crippen molar-refractivity contribution in [3.63, 3.8) is 0 Å². The van der Waals surface area contributed by atoms with Crippen LogP contribution >= 0.6 is 0 Å². The second-order valence-electron chi connectivity index (χ2n) is 7.76. The standard InChI is InChI=1S/C26H44O7Si/c1-6-10-11-12-19-29-24-17-15-23(16-18-26(27)28-5)22-25(24)30-20-13-14-21-34(31-7-2,32-8-3)33-9-4/h15-18,22H,6-14,19-21H2,1-5H3/b18-16+. The fourth-order valence-electron chi connectivity index (χ4n) is 3.43. The quantitative estimate of drug-likeness (QED) is 0.0943. The van der Waals surface area contributed by atoms with Gasteiger partial charge in [-0.25, -0.2) is 4.79 Å². The number of carbonyl (C=O) groups is 1. The van der Waals surface area contributed by atoms with Gasteiger partial charge in [0.15, 0.2) is 11.5 Å². The van der Waals surface area contributed by atoms with Gasteiger partial charge in [-0.3, -0.25) is 0 Å². The minimum Gasteiger partial charge on any atom is -0.490 e. The van der Waals surface area contributed by atoms with Gasteiger partial charge >= 0.3 is 14.8 Å². The number of benzene rings is 1. The SMILES string of the molecule is CCCCCCOc1ccc(/C=C/C(=O)OC)cc1OCCCC[Si](OCC)(OCC)OCC. The van der Waals surface area contributed by atoms with E-state index < -0.39 is 14.8 Å². The summed E-state index contributed by atoms with van der Waals surface area (Å²) in [6.07, 6.45) is 9.37. The van der Waals surface area contributed by atoms with Gasteiger partial charge in [0, 0.05) is 31.9 Å². The van der Waals surface area contributed by atoms with Gasteiger partial charge in [-0.1, -0.05) is 32.3 Å². The van der Waals surface area contributed by atoms with Crippen LogP contribution in [0.25, 0.3) is 6.08 Å². The first-order valence-electron chi connectivity index (χ1n) is 12.6.